The summed E-state index contributed by atoms with van der Waals surface area (Å²) >= 11 is 0. The molecule has 7 nitrogen and oxygen atoms in total. The monoisotopic (exact) mass is 431 g/mol. The molecular weight excluding hydrogens is 409 g/mol. The molecule has 32 heavy (non-hydrogen) atoms. The Morgan fingerprint density at radius 3 is 2.56 bits per heavy atom. The number of hydrogen-bond acceptors (Lipinski definition) is 5. The summed E-state index contributed by atoms with van der Waals surface area (Å²) in [4.78, 5) is 13.5. The third-order valence-electron chi connectivity index (χ3n) is 4.99. The topological polar surface area (TPSA) is 81.9 Å². The Kier molecular flexibility index (Phi) is 6.21. The van der Waals surface area contributed by atoms with Gasteiger partial charge in [0.15, 0.2) is 0 Å². The molecule has 0 saturated carbocycles. The second kappa shape index (κ2) is 9.38. The highest BCUT2D eigenvalue weighted by atomic mass is 19.1. The van der Waals surface area contributed by atoms with Gasteiger partial charge in [-0.15, -0.1) is 10.2 Å². The lowest BCUT2D eigenvalue weighted by molar-refractivity contribution is -0.117. The minimum atomic E-state index is -0.300. The minimum absolute atomic E-state index is 0.0518. The maximum Gasteiger partial charge on any atom is 0.248 e. The predicted molar refractivity (Wildman–Crippen MR) is 119 cm³/mol. The quantitative estimate of drug-likeness (QED) is 0.471. The molecule has 0 fully saturated rings. The van der Waals surface area contributed by atoms with E-state index in [0.717, 1.165) is 22.4 Å². The summed E-state index contributed by atoms with van der Waals surface area (Å²) in [7, 11) is 0. The molecule has 3 aromatic carbocycles. The maximum absolute atomic E-state index is 13.7. The molecule has 0 aliphatic rings. The number of carbonyl (C=O) groups excluding carboxylic acids is 1. The predicted octanol–water partition coefficient (Wildman–Crippen LogP) is 4.31. The Balaban J connectivity index is 1.35. The zero-order valence-corrected chi connectivity index (χ0v) is 17.7. The fourth-order valence-corrected chi connectivity index (χ4v) is 3.05. The van der Waals surface area contributed by atoms with E-state index < -0.39 is 0 Å². The maximum atomic E-state index is 13.7. The molecule has 1 amide bonds. The van der Waals surface area contributed by atoms with E-state index in [1.54, 1.807) is 42.5 Å². The number of aromatic nitrogens is 4. The average molecular weight is 431 g/mol. The Morgan fingerprint density at radius 1 is 1.03 bits per heavy atom. The number of amides is 1. The van der Waals surface area contributed by atoms with E-state index in [9.17, 15) is 9.18 Å². The number of hydrogen-bond donors (Lipinski definition) is 1. The SMILES string of the molecule is Cc1ccc(NC(=O)Cn2nnc(-c3ccc(OCc4ccccc4F)cc3)n2)cc1C. The Hall–Kier alpha value is -4.07. The van der Waals surface area contributed by atoms with Crippen molar-refractivity contribution in [2.45, 2.75) is 27.0 Å². The van der Waals surface area contributed by atoms with Crippen LogP contribution in [0.25, 0.3) is 11.4 Å². The van der Waals surface area contributed by atoms with Crippen molar-refractivity contribution in [3.8, 4) is 17.1 Å². The van der Waals surface area contributed by atoms with Crippen molar-refractivity contribution in [1.82, 2.24) is 20.2 Å². The van der Waals surface area contributed by atoms with E-state index in [2.05, 4.69) is 20.7 Å². The Morgan fingerprint density at radius 2 is 1.81 bits per heavy atom. The van der Waals surface area contributed by atoms with Crippen LogP contribution in [0.5, 0.6) is 5.75 Å². The lowest BCUT2D eigenvalue weighted by Gasteiger charge is -2.07. The molecule has 0 unspecified atom stereocenters. The molecule has 0 saturated heterocycles. The van der Waals surface area contributed by atoms with E-state index in [1.807, 2.05) is 32.0 Å². The molecule has 0 aliphatic carbocycles. The van der Waals surface area contributed by atoms with Gasteiger partial charge in [0.1, 0.15) is 24.7 Å². The number of benzene rings is 3. The summed E-state index contributed by atoms with van der Waals surface area (Å²) in [5.74, 6) is 0.447. The second-order valence-corrected chi connectivity index (χ2v) is 7.40. The minimum Gasteiger partial charge on any atom is -0.489 e. The first-order chi connectivity index (χ1) is 15.5. The summed E-state index contributed by atoms with van der Waals surface area (Å²) in [5.41, 5.74) is 4.20. The van der Waals surface area contributed by atoms with Gasteiger partial charge in [0, 0.05) is 16.8 Å². The van der Waals surface area contributed by atoms with Crippen LogP contribution in [0.2, 0.25) is 0 Å². The van der Waals surface area contributed by atoms with Crippen molar-refractivity contribution >= 4 is 11.6 Å². The van der Waals surface area contributed by atoms with Gasteiger partial charge >= 0.3 is 0 Å². The normalized spacial score (nSPS) is 10.7. The number of carbonyl (C=O) groups is 1. The molecule has 0 bridgehead atoms. The fourth-order valence-electron chi connectivity index (χ4n) is 3.05. The van der Waals surface area contributed by atoms with Gasteiger partial charge in [-0.25, -0.2) is 4.39 Å². The first-order valence-corrected chi connectivity index (χ1v) is 10.1. The van der Waals surface area contributed by atoms with E-state index >= 15 is 0 Å². The third kappa shape index (κ3) is 5.15. The standard InChI is InChI=1S/C24H22FN5O2/c1-16-7-10-20(13-17(16)2)26-23(31)14-30-28-24(27-29-30)18-8-11-21(12-9-18)32-15-19-5-3-4-6-22(19)25/h3-13H,14-15H2,1-2H3,(H,26,31). The lowest BCUT2D eigenvalue weighted by atomic mass is 10.1. The van der Waals surface area contributed by atoms with Gasteiger partial charge in [0.2, 0.25) is 11.7 Å². The summed E-state index contributed by atoms with van der Waals surface area (Å²) in [5, 5.41) is 15.1. The van der Waals surface area contributed by atoms with Crippen molar-refractivity contribution in [2.75, 3.05) is 5.32 Å². The molecule has 1 N–H and O–H groups in total. The molecule has 0 spiro atoms. The third-order valence-corrected chi connectivity index (χ3v) is 4.99. The van der Waals surface area contributed by atoms with E-state index in [4.69, 9.17) is 4.74 Å². The van der Waals surface area contributed by atoms with Crippen LogP contribution in [0.3, 0.4) is 0 Å². The molecule has 1 heterocycles. The Bertz CT molecular complexity index is 1240. The second-order valence-electron chi connectivity index (χ2n) is 7.40. The summed E-state index contributed by atoms with van der Waals surface area (Å²) in [6, 6.07) is 19.3. The molecule has 1 aromatic heterocycles. The number of nitrogens with one attached hydrogen (secondary N) is 1. The molecule has 4 aromatic rings. The van der Waals surface area contributed by atoms with Crippen molar-refractivity contribution in [3.05, 3.63) is 89.2 Å². The number of halogens is 1. The van der Waals surface area contributed by atoms with Crippen molar-refractivity contribution in [3.63, 3.8) is 0 Å². The number of ether oxygens (including phenoxy) is 1. The van der Waals surface area contributed by atoms with Crippen LogP contribution in [-0.2, 0) is 17.9 Å². The first kappa shape index (κ1) is 21.2. The summed E-state index contributed by atoms with van der Waals surface area (Å²) in [6.45, 7) is 4.09. The molecular formula is C24H22FN5O2. The fraction of sp³-hybridized carbons (Fsp3) is 0.167. The van der Waals surface area contributed by atoms with Crippen molar-refractivity contribution < 1.29 is 13.9 Å². The van der Waals surface area contributed by atoms with E-state index in [1.165, 1.54) is 10.9 Å². The van der Waals surface area contributed by atoms with Crippen molar-refractivity contribution in [1.29, 1.82) is 0 Å². The molecule has 0 aliphatic heterocycles. The van der Waals surface area contributed by atoms with Gasteiger partial charge in [-0.1, -0.05) is 24.3 Å². The van der Waals surface area contributed by atoms with Crippen LogP contribution >= 0.6 is 0 Å². The average Bonchev–Trinajstić information content (AvgIpc) is 3.24. The number of nitrogens with zero attached hydrogens (tertiary/aromatic N) is 4. The molecule has 8 heteroatoms. The Labute approximate surface area is 184 Å². The molecule has 4 rings (SSSR count). The van der Waals surface area contributed by atoms with Crippen LogP contribution in [0.4, 0.5) is 10.1 Å². The lowest BCUT2D eigenvalue weighted by Crippen LogP contribution is -2.20. The first-order valence-electron chi connectivity index (χ1n) is 10.1. The molecule has 162 valence electrons. The summed E-state index contributed by atoms with van der Waals surface area (Å²) < 4.78 is 19.3. The van der Waals surface area contributed by atoms with Crippen LogP contribution < -0.4 is 10.1 Å². The van der Waals surface area contributed by atoms with Gasteiger partial charge in [-0.3, -0.25) is 4.79 Å². The number of rotatable bonds is 7. The van der Waals surface area contributed by atoms with Gasteiger partial charge in [0.25, 0.3) is 0 Å². The molecule has 0 atom stereocenters. The van der Waals surface area contributed by atoms with Gasteiger partial charge in [-0.2, -0.15) is 4.80 Å². The number of anilines is 1. The van der Waals surface area contributed by atoms with Crippen LogP contribution in [0, 0.1) is 19.7 Å². The largest absolute Gasteiger partial charge is 0.489 e. The summed E-state index contributed by atoms with van der Waals surface area (Å²) in [6.07, 6.45) is 0. The zero-order valence-electron chi connectivity index (χ0n) is 17.7. The van der Waals surface area contributed by atoms with Crippen molar-refractivity contribution in [2.24, 2.45) is 0 Å². The highest BCUT2D eigenvalue weighted by Gasteiger charge is 2.10. The van der Waals surface area contributed by atoms with Crippen LogP contribution in [0.1, 0.15) is 16.7 Å². The van der Waals surface area contributed by atoms with Gasteiger partial charge < -0.3 is 10.1 Å². The smallest absolute Gasteiger partial charge is 0.248 e. The highest BCUT2D eigenvalue weighted by Crippen LogP contribution is 2.20. The number of tetrazole rings is 1. The van der Waals surface area contributed by atoms with E-state index in [-0.39, 0.29) is 24.9 Å². The van der Waals surface area contributed by atoms with E-state index in [0.29, 0.717) is 17.1 Å². The van der Waals surface area contributed by atoms with Gasteiger partial charge in [-0.05, 0) is 72.7 Å². The highest BCUT2D eigenvalue weighted by molar-refractivity contribution is 5.90. The van der Waals surface area contributed by atoms with Crippen LogP contribution in [0.15, 0.2) is 66.7 Å². The zero-order chi connectivity index (χ0) is 22.5. The number of aryl methyl sites for hydroxylation is 2. The van der Waals surface area contributed by atoms with Crippen LogP contribution in [-0.4, -0.2) is 26.1 Å². The molecule has 0 radical (unpaired) electrons. The van der Waals surface area contributed by atoms with Gasteiger partial charge in [0.05, 0.1) is 0 Å².